The number of methoxy groups -OCH3 is 1. The first kappa shape index (κ1) is 9.44. The molecule has 13 heavy (non-hydrogen) atoms. The van der Waals surface area contributed by atoms with Crippen molar-refractivity contribution in [3.63, 3.8) is 0 Å². The van der Waals surface area contributed by atoms with Gasteiger partial charge in [-0.2, -0.15) is 0 Å². The summed E-state index contributed by atoms with van der Waals surface area (Å²) in [5, 5.41) is 0. The Hall–Kier alpha value is -0.120. The van der Waals surface area contributed by atoms with E-state index in [-0.39, 0.29) is 0 Å². The minimum Gasteiger partial charge on any atom is -0.380 e. The Balaban J connectivity index is 1.82. The molecule has 2 rings (SSSR count). The van der Waals surface area contributed by atoms with Crippen LogP contribution in [0.4, 0.5) is 0 Å². The normalized spacial score (nSPS) is 37.4. The largest absolute Gasteiger partial charge is 0.380 e. The zero-order valence-electron chi connectivity index (χ0n) is 8.70. The Morgan fingerprint density at radius 3 is 2.54 bits per heavy atom. The summed E-state index contributed by atoms with van der Waals surface area (Å²) < 4.78 is 5.37. The zero-order valence-corrected chi connectivity index (χ0v) is 8.70. The first-order chi connectivity index (χ1) is 6.29. The molecule has 2 aliphatic rings. The molecule has 0 saturated carbocycles. The van der Waals surface area contributed by atoms with Crippen LogP contribution in [-0.2, 0) is 4.74 Å². The molecule has 0 aliphatic carbocycles. The van der Waals surface area contributed by atoms with Crippen molar-refractivity contribution in [3.05, 3.63) is 0 Å². The maximum Gasteiger partial charge on any atom is 0.0710 e. The Labute approximate surface area is 80.6 Å². The molecule has 3 nitrogen and oxygen atoms in total. The lowest BCUT2D eigenvalue weighted by atomic mass is 10.2. The molecule has 2 atom stereocenters. The molecule has 2 saturated heterocycles. The van der Waals surface area contributed by atoms with Gasteiger partial charge < -0.3 is 9.64 Å². The van der Waals surface area contributed by atoms with E-state index in [0.29, 0.717) is 6.10 Å². The van der Waals surface area contributed by atoms with Crippen LogP contribution in [0.2, 0.25) is 0 Å². The summed E-state index contributed by atoms with van der Waals surface area (Å²) in [5.41, 5.74) is 0. The molecule has 2 heterocycles. The third kappa shape index (κ3) is 2.03. The van der Waals surface area contributed by atoms with Gasteiger partial charge in [0.2, 0.25) is 0 Å². The topological polar surface area (TPSA) is 15.7 Å². The van der Waals surface area contributed by atoms with E-state index in [9.17, 15) is 0 Å². The van der Waals surface area contributed by atoms with Gasteiger partial charge in [-0.15, -0.1) is 0 Å². The Kier molecular flexibility index (Phi) is 2.86. The first-order valence-electron chi connectivity index (χ1n) is 5.25. The van der Waals surface area contributed by atoms with Gasteiger partial charge in [0.1, 0.15) is 0 Å². The van der Waals surface area contributed by atoms with Crippen LogP contribution in [0, 0.1) is 0 Å². The van der Waals surface area contributed by atoms with Crippen molar-refractivity contribution in [1.29, 1.82) is 0 Å². The van der Waals surface area contributed by atoms with Crippen LogP contribution in [0.15, 0.2) is 0 Å². The highest BCUT2D eigenvalue weighted by atomic mass is 16.5. The third-order valence-corrected chi connectivity index (χ3v) is 3.39. The number of hydrogen-bond acceptors (Lipinski definition) is 3. The molecule has 0 N–H and O–H groups in total. The van der Waals surface area contributed by atoms with E-state index in [1.807, 2.05) is 7.11 Å². The van der Waals surface area contributed by atoms with E-state index in [4.69, 9.17) is 4.74 Å². The predicted octanol–water partition coefficient (Wildman–Crippen LogP) is 0.411. The molecule has 0 amide bonds. The van der Waals surface area contributed by atoms with E-state index < -0.39 is 0 Å². The summed E-state index contributed by atoms with van der Waals surface area (Å²) in [7, 11) is 4.04. The highest BCUT2D eigenvalue weighted by molar-refractivity contribution is 4.87. The van der Waals surface area contributed by atoms with Gasteiger partial charge in [-0.1, -0.05) is 0 Å². The lowest BCUT2D eigenvalue weighted by Gasteiger charge is -2.23. The van der Waals surface area contributed by atoms with Crippen LogP contribution in [0.3, 0.4) is 0 Å². The fourth-order valence-corrected chi connectivity index (χ4v) is 2.49. The number of ether oxygens (including phenoxy) is 1. The number of hydrogen-bond donors (Lipinski definition) is 0. The van der Waals surface area contributed by atoms with Gasteiger partial charge in [-0.25, -0.2) is 0 Å². The molecule has 0 radical (unpaired) electrons. The lowest BCUT2D eigenvalue weighted by molar-refractivity contribution is 0.101. The third-order valence-electron chi connectivity index (χ3n) is 3.39. The van der Waals surface area contributed by atoms with Crippen LogP contribution in [0.5, 0.6) is 0 Å². The molecule has 0 spiro atoms. The fourth-order valence-electron chi connectivity index (χ4n) is 2.49. The van der Waals surface area contributed by atoms with E-state index in [1.165, 1.54) is 32.5 Å². The van der Waals surface area contributed by atoms with Gasteiger partial charge in [-0.3, -0.25) is 4.90 Å². The quantitative estimate of drug-likeness (QED) is 0.618. The van der Waals surface area contributed by atoms with Gasteiger partial charge in [-0.05, 0) is 26.4 Å². The number of likely N-dealkylation sites (tertiary alicyclic amines) is 2. The van der Waals surface area contributed by atoms with Crippen molar-refractivity contribution in [2.24, 2.45) is 0 Å². The first-order valence-corrected chi connectivity index (χ1v) is 5.25. The second-order valence-electron chi connectivity index (χ2n) is 4.35. The maximum atomic E-state index is 5.37. The summed E-state index contributed by atoms with van der Waals surface area (Å²) in [4.78, 5) is 5.02. The highest BCUT2D eigenvalue weighted by Crippen LogP contribution is 2.20. The van der Waals surface area contributed by atoms with Crippen LogP contribution in [0.1, 0.15) is 12.8 Å². The zero-order chi connectivity index (χ0) is 9.26. The summed E-state index contributed by atoms with van der Waals surface area (Å²) in [5.74, 6) is 0. The van der Waals surface area contributed by atoms with Crippen molar-refractivity contribution in [3.8, 4) is 0 Å². The Bertz CT molecular complexity index is 174. The van der Waals surface area contributed by atoms with Crippen molar-refractivity contribution in [2.75, 3.05) is 40.3 Å². The van der Waals surface area contributed by atoms with Gasteiger partial charge in [0.25, 0.3) is 0 Å². The summed E-state index contributed by atoms with van der Waals surface area (Å²) in [6, 6.07) is 0.796. The number of likely N-dealkylation sites (N-methyl/N-ethyl adjacent to an activating group) is 1. The van der Waals surface area contributed by atoms with Gasteiger partial charge in [0.05, 0.1) is 6.10 Å². The summed E-state index contributed by atoms with van der Waals surface area (Å²) in [6.07, 6.45) is 3.05. The second kappa shape index (κ2) is 3.95. The van der Waals surface area contributed by atoms with Gasteiger partial charge >= 0.3 is 0 Å². The van der Waals surface area contributed by atoms with Crippen molar-refractivity contribution < 1.29 is 4.74 Å². The van der Waals surface area contributed by atoms with E-state index in [2.05, 4.69) is 16.8 Å². The minimum atomic E-state index is 0.492. The van der Waals surface area contributed by atoms with E-state index >= 15 is 0 Å². The molecule has 2 unspecified atom stereocenters. The SMILES string of the molecule is COC1CCN(C2CCN(C)C2)C1. The Morgan fingerprint density at radius 1 is 1.15 bits per heavy atom. The molecule has 0 bridgehead atoms. The van der Waals surface area contributed by atoms with Crippen molar-refractivity contribution >= 4 is 0 Å². The highest BCUT2D eigenvalue weighted by Gasteiger charge is 2.31. The average molecular weight is 184 g/mol. The molecule has 2 fully saturated rings. The molecule has 2 aliphatic heterocycles. The summed E-state index contributed by atoms with van der Waals surface area (Å²) >= 11 is 0. The van der Waals surface area contributed by atoms with Crippen molar-refractivity contribution in [1.82, 2.24) is 9.80 Å². The van der Waals surface area contributed by atoms with Gasteiger partial charge in [0.15, 0.2) is 0 Å². The fraction of sp³-hybridized carbons (Fsp3) is 1.00. The Morgan fingerprint density at radius 2 is 2.00 bits per heavy atom. The van der Waals surface area contributed by atoms with Crippen LogP contribution in [-0.4, -0.2) is 62.3 Å². The molecular formula is C10H20N2O. The van der Waals surface area contributed by atoms with Crippen molar-refractivity contribution in [2.45, 2.75) is 25.0 Å². The van der Waals surface area contributed by atoms with Crippen LogP contribution < -0.4 is 0 Å². The molecule has 0 aromatic heterocycles. The molecule has 0 aromatic carbocycles. The smallest absolute Gasteiger partial charge is 0.0710 e. The molecular weight excluding hydrogens is 164 g/mol. The van der Waals surface area contributed by atoms with Crippen LogP contribution >= 0.6 is 0 Å². The van der Waals surface area contributed by atoms with E-state index in [0.717, 1.165) is 12.6 Å². The molecule has 76 valence electrons. The second-order valence-corrected chi connectivity index (χ2v) is 4.35. The molecule has 0 aromatic rings. The number of rotatable bonds is 2. The monoisotopic (exact) mass is 184 g/mol. The van der Waals surface area contributed by atoms with Crippen LogP contribution in [0.25, 0.3) is 0 Å². The lowest BCUT2D eigenvalue weighted by Crippen LogP contribution is -2.36. The predicted molar refractivity (Wildman–Crippen MR) is 52.9 cm³/mol. The summed E-state index contributed by atoms with van der Waals surface area (Å²) in [6.45, 7) is 4.89. The van der Waals surface area contributed by atoms with Gasteiger partial charge in [0, 0.05) is 32.8 Å². The average Bonchev–Trinajstić information content (AvgIpc) is 2.71. The standard InChI is InChI=1S/C10H20N2O/c1-11-5-3-9(7-11)12-6-4-10(8-12)13-2/h9-10H,3-8H2,1-2H3. The molecule has 3 heteroatoms. The maximum absolute atomic E-state index is 5.37. The minimum absolute atomic E-state index is 0.492. The number of nitrogens with zero attached hydrogens (tertiary/aromatic N) is 2. The van der Waals surface area contributed by atoms with E-state index in [1.54, 1.807) is 0 Å².